The van der Waals surface area contributed by atoms with Crippen LogP contribution in [-0.4, -0.2) is 121 Å². The molecule has 15 nitrogen and oxygen atoms in total. The molecule has 1 saturated heterocycles. The molecule has 0 spiro atoms. The fourth-order valence-corrected chi connectivity index (χ4v) is 10.0. The molecule has 60 heavy (non-hydrogen) atoms. The van der Waals surface area contributed by atoms with Crippen LogP contribution >= 0.6 is 22.7 Å². The monoisotopic (exact) mass is 843 g/mol. The van der Waals surface area contributed by atoms with E-state index in [4.69, 9.17) is 4.98 Å². The van der Waals surface area contributed by atoms with E-state index in [2.05, 4.69) is 58.1 Å². The number of aromatic nitrogens is 6. The Kier molecular flexibility index (Phi) is 11.4. The number of aromatic hydroxyl groups is 1. The first-order valence-electron chi connectivity index (χ1n) is 20.2. The Labute approximate surface area is 354 Å². The third-order valence-corrected chi connectivity index (χ3v) is 13.4. The van der Waals surface area contributed by atoms with Gasteiger partial charge in [0.1, 0.15) is 17.9 Å². The lowest BCUT2D eigenvalue weighted by Crippen LogP contribution is -2.45. The molecule has 1 fully saturated rings. The van der Waals surface area contributed by atoms with Crippen LogP contribution in [0.4, 0.5) is 16.1 Å². The van der Waals surface area contributed by atoms with Crippen molar-refractivity contribution in [3.05, 3.63) is 107 Å². The minimum Gasteiger partial charge on any atom is -0.508 e. The number of carbonyl (C=O) groups excluding carboxylic acids is 1. The maximum Gasteiger partial charge on any atom is 0.355 e. The lowest BCUT2D eigenvalue weighted by Gasteiger charge is -2.33. The summed E-state index contributed by atoms with van der Waals surface area (Å²) in [7, 11) is 2.16. The number of hydrogen-bond acceptors (Lipinski definition) is 14. The van der Waals surface area contributed by atoms with Gasteiger partial charge in [0.2, 0.25) is 0 Å². The van der Waals surface area contributed by atoms with Gasteiger partial charge in [-0.1, -0.05) is 35.6 Å². The van der Waals surface area contributed by atoms with Crippen LogP contribution in [0.25, 0.3) is 26.9 Å². The van der Waals surface area contributed by atoms with E-state index in [1.54, 1.807) is 41.5 Å². The number of aromatic carboxylic acids is 1. The molecule has 0 unspecified atom stereocenters. The van der Waals surface area contributed by atoms with Crippen LogP contribution < -0.4 is 15.1 Å². The van der Waals surface area contributed by atoms with Gasteiger partial charge in [-0.3, -0.25) is 10.1 Å². The molecule has 2 aliphatic heterocycles. The second-order valence-corrected chi connectivity index (χ2v) is 17.3. The Balaban J connectivity index is 0.920. The highest BCUT2D eigenvalue weighted by molar-refractivity contribution is 7.22. The first-order chi connectivity index (χ1) is 29.3. The van der Waals surface area contributed by atoms with E-state index in [1.807, 2.05) is 36.4 Å². The Morgan fingerprint density at radius 1 is 0.900 bits per heavy atom. The minimum absolute atomic E-state index is 0.0730. The molecule has 2 aliphatic rings. The average Bonchev–Trinajstić information content (AvgIpc) is 4.01. The number of carboxylic acids is 1. The van der Waals surface area contributed by atoms with E-state index >= 15 is 0 Å². The van der Waals surface area contributed by atoms with E-state index in [0.29, 0.717) is 60.4 Å². The highest BCUT2D eigenvalue weighted by Crippen LogP contribution is 2.34. The zero-order valence-electron chi connectivity index (χ0n) is 33.2. The highest BCUT2D eigenvalue weighted by atomic mass is 32.1. The first kappa shape index (κ1) is 39.5. The number of para-hydroxylation sites is 1. The normalized spacial score (nSPS) is 14.8. The molecule has 4 aromatic heterocycles. The number of phenolic OH excluding ortho intramolecular Hbond substituents is 1. The predicted octanol–water partition coefficient (Wildman–Crippen LogP) is 6.18. The van der Waals surface area contributed by atoms with Crippen LogP contribution in [0.5, 0.6) is 5.75 Å². The molecule has 9 rings (SSSR count). The second-order valence-electron chi connectivity index (χ2n) is 15.2. The summed E-state index contributed by atoms with van der Waals surface area (Å²) in [6.45, 7) is 7.65. The fraction of sp³-hybridized carbons (Fsp3) is 0.326. The van der Waals surface area contributed by atoms with E-state index in [9.17, 15) is 19.8 Å². The third kappa shape index (κ3) is 8.38. The Hall–Kier alpha value is -6.01. The van der Waals surface area contributed by atoms with Gasteiger partial charge in [-0.25, -0.2) is 29.4 Å². The zero-order chi connectivity index (χ0) is 41.2. The topological polar surface area (TPSA) is 169 Å². The quantitative estimate of drug-likeness (QED) is 0.114. The summed E-state index contributed by atoms with van der Waals surface area (Å²) in [4.78, 5) is 54.8. The molecule has 308 valence electrons. The average molecular weight is 844 g/mol. The third-order valence-electron chi connectivity index (χ3n) is 11.3. The van der Waals surface area contributed by atoms with Crippen molar-refractivity contribution in [3.8, 4) is 11.4 Å². The number of thiazole rings is 2. The van der Waals surface area contributed by atoms with Gasteiger partial charge < -0.3 is 29.8 Å². The number of amides is 1. The number of nitrogens with one attached hydrogen (secondary N) is 1. The lowest BCUT2D eigenvalue weighted by molar-refractivity contribution is 0.0690. The number of fused-ring (bicyclic) bond motifs is 3. The molecule has 3 aromatic carbocycles. The SMILES string of the molecule is CN1CCN(CCCN(CCCc2sc(N3CCc4cccc(C(=O)Nc5nc6ccccc6s5)c4C3)nc2C(=O)O)c2ncnc3c2cnn3-c2ccc(O)cc2)CC1. The number of carboxylic acid groups (broad SMARTS) is 1. The number of carbonyl (C=O) groups is 2. The van der Waals surface area contributed by atoms with Gasteiger partial charge in [-0.2, -0.15) is 5.10 Å². The molecule has 17 heteroatoms. The molecule has 0 saturated carbocycles. The number of rotatable bonds is 14. The molecule has 0 bridgehead atoms. The molecule has 7 aromatic rings. The minimum atomic E-state index is -1.05. The maximum atomic E-state index is 13.7. The van der Waals surface area contributed by atoms with Gasteiger partial charge in [0.05, 0.1) is 27.5 Å². The number of nitrogens with zero attached hydrogens (tertiary/aromatic N) is 10. The summed E-state index contributed by atoms with van der Waals surface area (Å²) in [5.74, 6) is -0.320. The molecular formula is C43H45N11O4S2. The van der Waals surface area contributed by atoms with Crippen LogP contribution in [-0.2, 0) is 19.4 Å². The van der Waals surface area contributed by atoms with Crippen molar-refractivity contribution in [1.82, 2.24) is 39.5 Å². The molecule has 3 N–H and O–H groups in total. The number of anilines is 3. The Morgan fingerprint density at radius 3 is 2.53 bits per heavy atom. The molecular weight excluding hydrogens is 799 g/mol. The number of benzene rings is 3. The van der Waals surface area contributed by atoms with Gasteiger partial charge >= 0.3 is 5.97 Å². The summed E-state index contributed by atoms with van der Waals surface area (Å²) < 4.78 is 2.75. The fourth-order valence-electron chi connectivity index (χ4n) is 8.04. The molecule has 0 aliphatic carbocycles. The van der Waals surface area contributed by atoms with Crippen LogP contribution in [0.3, 0.4) is 0 Å². The van der Waals surface area contributed by atoms with Gasteiger partial charge in [0, 0.05) is 62.8 Å². The van der Waals surface area contributed by atoms with Crippen LogP contribution in [0.1, 0.15) is 49.7 Å². The summed E-state index contributed by atoms with van der Waals surface area (Å²) in [6.07, 6.45) is 6.19. The van der Waals surface area contributed by atoms with Crippen LogP contribution in [0.15, 0.2) is 79.3 Å². The lowest BCUT2D eigenvalue weighted by atomic mass is 9.94. The van der Waals surface area contributed by atoms with Crippen molar-refractivity contribution in [2.75, 3.05) is 74.5 Å². The first-order valence-corrected chi connectivity index (χ1v) is 21.8. The highest BCUT2D eigenvalue weighted by Gasteiger charge is 2.27. The van der Waals surface area contributed by atoms with Crippen molar-refractivity contribution >= 4 is 71.9 Å². The molecule has 6 heterocycles. The van der Waals surface area contributed by atoms with E-state index in [0.717, 1.165) is 88.8 Å². The number of piperazine rings is 1. The van der Waals surface area contributed by atoms with Crippen LogP contribution in [0, 0.1) is 0 Å². The number of aryl methyl sites for hydroxylation is 1. The van der Waals surface area contributed by atoms with Crippen molar-refractivity contribution in [2.24, 2.45) is 0 Å². The van der Waals surface area contributed by atoms with Gasteiger partial charge in [0.25, 0.3) is 5.91 Å². The van der Waals surface area contributed by atoms with Gasteiger partial charge in [-0.05, 0) is 92.9 Å². The van der Waals surface area contributed by atoms with Gasteiger partial charge in [0.15, 0.2) is 21.6 Å². The van der Waals surface area contributed by atoms with E-state index < -0.39 is 5.97 Å². The van der Waals surface area contributed by atoms with Crippen molar-refractivity contribution in [3.63, 3.8) is 0 Å². The summed E-state index contributed by atoms with van der Waals surface area (Å²) in [6, 6.07) is 20.4. The number of phenols is 1. The van der Waals surface area contributed by atoms with E-state index in [-0.39, 0.29) is 17.4 Å². The Bertz CT molecular complexity index is 2620. The van der Waals surface area contributed by atoms with Crippen molar-refractivity contribution in [1.29, 1.82) is 0 Å². The largest absolute Gasteiger partial charge is 0.508 e. The number of hydrogen-bond donors (Lipinski definition) is 3. The molecule has 0 radical (unpaired) electrons. The van der Waals surface area contributed by atoms with E-state index in [1.165, 1.54) is 22.7 Å². The van der Waals surface area contributed by atoms with Crippen molar-refractivity contribution < 1.29 is 19.8 Å². The Morgan fingerprint density at radius 2 is 1.72 bits per heavy atom. The second kappa shape index (κ2) is 17.3. The maximum absolute atomic E-state index is 13.7. The standard InChI is InChI=1S/C43H45N11O4S2/c1-50-21-23-51(24-22-50)17-6-19-52(38-32-25-46-54(39(32)45-27-44-38)29-12-14-30(55)15-13-29)18-5-11-36-37(41(57)58)48-43(60-36)53-20-16-28-7-4-8-31(33(28)26-53)40(56)49-42-47-34-9-2-3-10-35(34)59-42/h2-4,7-10,12-15,25,27,55H,5-6,11,16-24,26H2,1H3,(H,57,58)(H,47,49,56). The smallest absolute Gasteiger partial charge is 0.355 e. The summed E-state index contributed by atoms with van der Waals surface area (Å²) >= 11 is 2.85. The van der Waals surface area contributed by atoms with Gasteiger partial charge in [-0.15, -0.1) is 11.3 Å². The van der Waals surface area contributed by atoms with Crippen molar-refractivity contribution in [2.45, 2.75) is 32.2 Å². The molecule has 0 atom stereocenters. The predicted molar refractivity (Wildman–Crippen MR) is 235 cm³/mol. The summed E-state index contributed by atoms with van der Waals surface area (Å²) in [5, 5.41) is 29.8. The zero-order valence-corrected chi connectivity index (χ0v) is 34.8. The molecule has 1 amide bonds. The number of likely N-dealkylation sites (N-methyl/N-ethyl adjacent to an activating group) is 1. The van der Waals surface area contributed by atoms with Crippen LogP contribution in [0.2, 0.25) is 0 Å². The summed E-state index contributed by atoms with van der Waals surface area (Å²) in [5.41, 5.74) is 4.93.